The summed E-state index contributed by atoms with van der Waals surface area (Å²) in [4.78, 5) is 0. The molecule has 1 atom stereocenters. The van der Waals surface area contributed by atoms with E-state index in [9.17, 15) is 0 Å². The molecule has 2 heteroatoms. The van der Waals surface area contributed by atoms with Crippen molar-refractivity contribution in [3.63, 3.8) is 0 Å². The largest absolute Gasteiger partial charge is 0.469 e. The second-order valence-electron chi connectivity index (χ2n) is 4.94. The minimum atomic E-state index is 0.516. The molecular weight excluding hydrogens is 186 g/mol. The summed E-state index contributed by atoms with van der Waals surface area (Å²) < 4.78 is 5.43. The minimum absolute atomic E-state index is 0.516. The van der Waals surface area contributed by atoms with Crippen LogP contribution in [-0.4, -0.2) is 12.6 Å². The van der Waals surface area contributed by atoms with Gasteiger partial charge in [0.25, 0.3) is 0 Å². The summed E-state index contributed by atoms with van der Waals surface area (Å²) in [6.45, 7) is 5.70. The molecule has 1 aromatic heterocycles. The van der Waals surface area contributed by atoms with E-state index in [1.807, 2.05) is 6.07 Å². The van der Waals surface area contributed by atoms with Crippen LogP contribution in [0.5, 0.6) is 0 Å². The number of furan rings is 1. The summed E-state index contributed by atoms with van der Waals surface area (Å²) in [5.74, 6) is 1.11. The maximum absolute atomic E-state index is 5.43. The van der Waals surface area contributed by atoms with E-state index in [4.69, 9.17) is 4.42 Å². The second-order valence-corrected chi connectivity index (χ2v) is 4.94. The quantitative estimate of drug-likeness (QED) is 0.775. The number of nitrogens with one attached hydrogen (secondary N) is 1. The molecule has 2 rings (SSSR count). The molecule has 0 radical (unpaired) electrons. The normalized spacial score (nSPS) is 20.1. The molecule has 84 valence electrons. The Morgan fingerprint density at radius 1 is 1.53 bits per heavy atom. The van der Waals surface area contributed by atoms with Crippen molar-refractivity contribution in [2.45, 2.75) is 45.6 Å². The molecule has 1 fully saturated rings. The number of rotatable bonds is 6. The number of hydrogen-bond acceptors (Lipinski definition) is 2. The fourth-order valence-electron chi connectivity index (χ4n) is 2.06. The van der Waals surface area contributed by atoms with Gasteiger partial charge in [-0.15, -0.1) is 0 Å². The van der Waals surface area contributed by atoms with Gasteiger partial charge in [0.2, 0.25) is 0 Å². The summed E-state index contributed by atoms with van der Waals surface area (Å²) in [6, 6.07) is 4.64. The molecular formula is C13H21NO. The fraction of sp³-hybridized carbons (Fsp3) is 0.692. The van der Waals surface area contributed by atoms with E-state index in [0.717, 1.165) is 18.7 Å². The van der Waals surface area contributed by atoms with E-state index in [1.165, 1.54) is 19.3 Å². The topological polar surface area (TPSA) is 25.2 Å². The van der Waals surface area contributed by atoms with Gasteiger partial charge in [-0.25, -0.2) is 0 Å². The summed E-state index contributed by atoms with van der Waals surface area (Å²) in [6.07, 6.45) is 6.71. The van der Waals surface area contributed by atoms with Gasteiger partial charge in [-0.3, -0.25) is 0 Å². The third-order valence-electron chi connectivity index (χ3n) is 3.51. The lowest BCUT2D eigenvalue weighted by atomic mass is 9.94. The van der Waals surface area contributed by atoms with Gasteiger partial charge in [0.05, 0.1) is 6.26 Å². The first-order valence-corrected chi connectivity index (χ1v) is 6.00. The Morgan fingerprint density at radius 3 is 2.87 bits per heavy atom. The Labute approximate surface area is 92.1 Å². The Balaban J connectivity index is 1.93. The van der Waals surface area contributed by atoms with Gasteiger partial charge in [0.15, 0.2) is 0 Å². The van der Waals surface area contributed by atoms with E-state index < -0.39 is 0 Å². The van der Waals surface area contributed by atoms with Gasteiger partial charge in [-0.2, -0.15) is 0 Å². The molecule has 0 saturated heterocycles. The predicted molar refractivity (Wildman–Crippen MR) is 61.8 cm³/mol. The third kappa shape index (κ3) is 2.63. The maximum Gasteiger partial charge on any atom is 0.105 e. The molecule has 1 unspecified atom stereocenters. The second kappa shape index (κ2) is 4.40. The Kier molecular flexibility index (Phi) is 3.15. The van der Waals surface area contributed by atoms with Crippen LogP contribution in [0.25, 0.3) is 0 Å². The van der Waals surface area contributed by atoms with Gasteiger partial charge < -0.3 is 9.73 Å². The van der Waals surface area contributed by atoms with E-state index in [0.29, 0.717) is 11.5 Å². The van der Waals surface area contributed by atoms with Crippen LogP contribution >= 0.6 is 0 Å². The molecule has 15 heavy (non-hydrogen) atoms. The van der Waals surface area contributed by atoms with Crippen LogP contribution in [0.2, 0.25) is 0 Å². The fourth-order valence-corrected chi connectivity index (χ4v) is 2.06. The van der Waals surface area contributed by atoms with Gasteiger partial charge in [0, 0.05) is 12.5 Å². The van der Waals surface area contributed by atoms with Crippen LogP contribution < -0.4 is 5.32 Å². The van der Waals surface area contributed by atoms with Crippen LogP contribution in [-0.2, 0) is 6.42 Å². The Hall–Kier alpha value is -0.760. The Bertz CT molecular complexity index is 287. The molecule has 1 heterocycles. The van der Waals surface area contributed by atoms with E-state index >= 15 is 0 Å². The average Bonchev–Trinajstić information content (AvgIpc) is 2.80. The Morgan fingerprint density at radius 2 is 2.33 bits per heavy atom. The van der Waals surface area contributed by atoms with Crippen molar-refractivity contribution in [1.29, 1.82) is 0 Å². The predicted octanol–water partition coefficient (Wildman–Crippen LogP) is 2.99. The molecule has 1 N–H and O–H groups in total. The first kappa shape index (κ1) is 10.7. The van der Waals surface area contributed by atoms with Crippen molar-refractivity contribution in [1.82, 2.24) is 5.32 Å². The molecule has 1 aliphatic rings. The van der Waals surface area contributed by atoms with Gasteiger partial charge in [0.1, 0.15) is 5.76 Å². The molecule has 1 aliphatic carbocycles. The smallest absolute Gasteiger partial charge is 0.105 e. The lowest BCUT2D eigenvalue weighted by molar-refractivity contribution is 0.332. The van der Waals surface area contributed by atoms with Crippen LogP contribution in [0.3, 0.4) is 0 Å². The monoisotopic (exact) mass is 207 g/mol. The molecule has 0 amide bonds. The highest BCUT2D eigenvalue weighted by Gasteiger charge is 2.44. The zero-order valence-corrected chi connectivity index (χ0v) is 9.75. The van der Waals surface area contributed by atoms with Gasteiger partial charge in [-0.1, -0.05) is 13.8 Å². The summed E-state index contributed by atoms with van der Waals surface area (Å²) >= 11 is 0. The van der Waals surface area contributed by atoms with Crippen molar-refractivity contribution in [3.05, 3.63) is 24.2 Å². The van der Waals surface area contributed by atoms with Crippen molar-refractivity contribution < 1.29 is 4.42 Å². The van der Waals surface area contributed by atoms with E-state index in [1.54, 1.807) is 6.26 Å². The van der Waals surface area contributed by atoms with Gasteiger partial charge >= 0.3 is 0 Å². The zero-order chi connectivity index (χ0) is 10.7. The molecule has 1 saturated carbocycles. The standard InChI is InChI=1S/C13H21NO/c1-3-8-14-12(13(2)6-7-13)10-11-5-4-9-15-11/h4-5,9,12,14H,3,6-8,10H2,1-2H3. The van der Waals surface area contributed by atoms with Crippen LogP contribution in [0, 0.1) is 5.41 Å². The highest BCUT2D eigenvalue weighted by Crippen LogP contribution is 2.48. The summed E-state index contributed by atoms with van der Waals surface area (Å²) in [5, 5.41) is 3.65. The molecule has 1 aromatic rings. The lowest BCUT2D eigenvalue weighted by Gasteiger charge is -2.24. The third-order valence-corrected chi connectivity index (χ3v) is 3.51. The van der Waals surface area contributed by atoms with E-state index in [2.05, 4.69) is 25.2 Å². The summed E-state index contributed by atoms with van der Waals surface area (Å²) in [7, 11) is 0. The van der Waals surface area contributed by atoms with Crippen LogP contribution in [0.15, 0.2) is 22.8 Å². The average molecular weight is 207 g/mol. The highest BCUT2D eigenvalue weighted by atomic mass is 16.3. The molecule has 0 aromatic carbocycles. The molecule has 2 nitrogen and oxygen atoms in total. The van der Waals surface area contributed by atoms with Crippen molar-refractivity contribution in [3.8, 4) is 0 Å². The SMILES string of the molecule is CCCNC(Cc1ccco1)C1(C)CC1. The van der Waals surface area contributed by atoms with Crippen molar-refractivity contribution in [2.24, 2.45) is 5.41 Å². The summed E-state index contributed by atoms with van der Waals surface area (Å²) in [5.41, 5.74) is 0.516. The van der Waals surface area contributed by atoms with Gasteiger partial charge in [-0.05, 0) is 43.4 Å². The lowest BCUT2D eigenvalue weighted by Crippen LogP contribution is -2.38. The van der Waals surface area contributed by atoms with Crippen LogP contribution in [0.4, 0.5) is 0 Å². The van der Waals surface area contributed by atoms with Crippen molar-refractivity contribution >= 4 is 0 Å². The highest BCUT2D eigenvalue weighted by molar-refractivity contribution is 5.07. The van der Waals surface area contributed by atoms with Crippen LogP contribution in [0.1, 0.15) is 38.9 Å². The number of hydrogen-bond donors (Lipinski definition) is 1. The first-order valence-electron chi connectivity index (χ1n) is 6.00. The zero-order valence-electron chi connectivity index (χ0n) is 9.75. The molecule has 0 aliphatic heterocycles. The maximum atomic E-state index is 5.43. The molecule has 0 bridgehead atoms. The van der Waals surface area contributed by atoms with Crippen molar-refractivity contribution in [2.75, 3.05) is 6.54 Å². The van der Waals surface area contributed by atoms with E-state index in [-0.39, 0.29) is 0 Å². The first-order chi connectivity index (χ1) is 7.24. The molecule has 0 spiro atoms. The minimum Gasteiger partial charge on any atom is -0.469 e.